The molecule has 7 rings (SSSR count). The molecule has 1 N–H and O–H groups in total. The number of hydrogen-bond acceptors (Lipinski definition) is 10. The Bertz CT molecular complexity index is 1940. The average Bonchev–Trinajstić information content (AvgIpc) is 3.36. The van der Waals surface area contributed by atoms with Crippen molar-refractivity contribution in [2.75, 3.05) is 77.4 Å². The summed E-state index contributed by atoms with van der Waals surface area (Å²) < 4.78 is 18.2. The normalized spacial score (nSPS) is 19.8. The number of aromatic nitrogens is 1. The number of fused-ring (bicyclic) bond motifs is 2. The van der Waals surface area contributed by atoms with Crippen LogP contribution in [0.4, 0.5) is 15.3 Å². The van der Waals surface area contributed by atoms with E-state index < -0.39 is 18.0 Å². The maximum absolute atomic E-state index is 14.3. The van der Waals surface area contributed by atoms with Crippen LogP contribution in [0.5, 0.6) is 0 Å². The molecular weight excluding hydrogens is 706 g/mol. The number of urea groups is 1. The number of oxazole rings is 1. The van der Waals surface area contributed by atoms with E-state index in [0.29, 0.717) is 88.9 Å². The molecule has 0 radical (unpaired) electrons. The lowest BCUT2D eigenvalue weighted by atomic mass is 10.0. The van der Waals surface area contributed by atoms with Gasteiger partial charge < -0.3 is 33.9 Å². The van der Waals surface area contributed by atoms with Crippen LogP contribution in [0.3, 0.4) is 0 Å². The van der Waals surface area contributed by atoms with Crippen LogP contribution in [0, 0.1) is 6.92 Å². The fourth-order valence-electron chi connectivity index (χ4n) is 8.73. The minimum Gasteiger partial charge on any atom is -0.465 e. The highest BCUT2D eigenvalue weighted by molar-refractivity contribution is 5.91. The number of anilines is 1. The van der Waals surface area contributed by atoms with Crippen molar-refractivity contribution in [3.63, 3.8) is 0 Å². The van der Waals surface area contributed by atoms with Gasteiger partial charge in [-0.05, 0) is 74.8 Å². The van der Waals surface area contributed by atoms with Crippen molar-refractivity contribution in [1.82, 2.24) is 29.1 Å². The van der Waals surface area contributed by atoms with Crippen LogP contribution in [-0.4, -0.2) is 143 Å². The number of ether oxygens (including phenoxy) is 2. The first-order valence-corrected chi connectivity index (χ1v) is 19.7. The van der Waals surface area contributed by atoms with Gasteiger partial charge in [0, 0.05) is 90.1 Å². The summed E-state index contributed by atoms with van der Waals surface area (Å²) in [4.78, 5) is 75.3. The molecule has 0 saturated carbocycles. The molecule has 0 bridgehead atoms. The van der Waals surface area contributed by atoms with Crippen molar-refractivity contribution in [2.45, 2.75) is 70.6 Å². The molecule has 296 valence electrons. The van der Waals surface area contributed by atoms with Crippen LogP contribution in [0.25, 0.3) is 11.1 Å². The lowest BCUT2D eigenvalue weighted by Crippen LogP contribution is -2.57. The van der Waals surface area contributed by atoms with E-state index in [4.69, 9.17) is 13.9 Å². The van der Waals surface area contributed by atoms with E-state index in [9.17, 15) is 24.0 Å². The number of likely N-dealkylation sites (tertiary alicyclic amines) is 2. The number of esters is 1. The van der Waals surface area contributed by atoms with Gasteiger partial charge in [-0.25, -0.2) is 14.4 Å². The van der Waals surface area contributed by atoms with Crippen LogP contribution in [-0.2, 0) is 39.0 Å². The van der Waals surface area contributed by atoms with E-state index in [2.05, 4.69) is 15.1 Å². The molecule has 1 aromatic heterocycles. The Hall–Kier alpha value is -4.89. The number of nitrogens with zero attached hydrogens (tertiary/aromatic N) is 6. The number of piperazine rings is 1. The van der Waals surface area contributed by atoms with Crippen LogP contribution >= 0.6 is 0 Å². The zero-order valence-corrected chi connectivity index (χ0v) is 32.2. The molecule has 2 aromatic carbocycles. The molecule has 15 heteroatoms. The number of piperidine rings is 2. The monoisotopic (exact) mass is 759 g/mol. The van der Waals surface area contributed by atoms with Crippen LogP contribution in [0.15, 0.2) is 45.6 Å². The van der Waals surface area contributed by atoms with Gasteiger partial charge in [-0.15, -0.1) is 0 Å². The summed E-state index contributed by atoms with van der Waals surface area (Å²) >= 11 is 0. The predicted molar refractivity (Wildman–Crippen MR) is 205 cm³/mol. The standard InChI is InChI=1S/C40H53N7O8/c1-4-53-35(48)26-43-14-10-30(11-15-43)44-19-21-45(22-20-44)37(49)34(25-28-23-27(2)36-33(24-28)54-39(51)42(36)3)55-40(52)46-16-12-31(13-17-46)47-18-9-29-7-5-6-8-32(29)41-38(47)50/h5-8,23-24,30-31,34H,4,9-22,25-26H2,1-3H3,(H,41,50)/t34-/m1/s1. The van der Waals surface area contributed by atoms with Crippen molar-refractivity contribution in [3.8, 4) is 0 Å². The highest BCUT2D eigenvalue weighted by Gasteiger charge is 2.37. The number of carbonyl (C=O) groups is 4. The Labute approximate surface area is 321 Å². The van der Waals surface area contributed by atoms with Crippen molar-refractivity contribution < 1.29 is 33.1 Å². The smallest absolute Gasteiger partial charge is 0.419 e. The summed E-state index contributed by atoms with van der Waals surface area (Å²) in [5.41, 5.74) is 4.60. The Morgan fingerprint density at radius 3 is 2.33 bits per heavy atom. The van der Waals surface area contributed by atoms with Crippen molar-refractivity contribution in [2.24, 2.45) is 7.05 Å². The predicted octanol–water partition coefficient (Wildman–Crippen LogP) is 3.21. The summed E-state index contributed by atoms with van der Waals surface area (Å²) in [6.45, 7) is 9.87. The van der Waals surface area contributed by atoms with Gasteiger partial charge in [0.25, 0.3) is 5.91 Å². The maximum Gasteiger partial charge on any atom is 0.419 e. The third-order valence-corrected chi connectivity index (χ3v) is 11.7. The molecule has 0 unspecified atom stereocenters. The lowest BCUT2D eigenvalue weighted by Gasteiger charge is -2.43. The Morgan fingerprint density at radius 1 is 0.891 bits per heavy atom. The molecule has 4 amide bonds. The maximum atomic E-state index is 14.3. The largest absolute Gasteiger partial charge is 0.465 e. The van der Waals surface area contributed by atoms with E-state index in [0.717, 1.165) is 54.7 Å². The van der Waals surface area contributed by atoms with Gasteiger partial charge in [-0.1, -0.05) is 24.3 Å². The average molecular weight is 760 g/mol. The molecule has 0 spiro atoms. The first kappa shape index (κ1) is 38.4. The van der Waals surface area contributed by atoms with Crippen LogP contribution < -0.4 is 11.1 Å². The Balaban J connectivity index is 0.985. The fourth-order valence-corrected chi connectivity index (χ4v) is 8.73. The summed E-state index contributed by atoms with van der Waals surface area (Å²) in [6, 6.07) is 11.7. The van der Waals surface area contributed by atoms with E-state index in [1.807, 2.05) is 49.1 Å². The topological polar surface area (TPSA) is 150 Å². The van der Waals surface area contributed by atoms with Gasteiger partial charge in [0.1, 0.15) is 0 Å². The first-order chi connectivity index (χ1) is 26.6. The molecule has 15 nitrogen and oxygen atoms in total. The lowest BCUT2D eigenvalue weighted by molar-refractivity contribution is -0.144. The summed E-state index contributed by atoms with van der Waals surface area (Å²) in [6.07, 6.45) is 2.34. The molecule has 1 atom stereocenters. The molecule has 0 aliphatic carbocycles. The van der Waals surface area contributed by atoms with Crippen molar-refractivity contribution >= 4 is 40.8 Å². The van der Waals surface area contributed by atoms with Gasteiger partial charge in [0.05, 0.1) is 18.7 Å². The van der Waals surface area contributed by atoms with Crippen LogP contribution in [0.2, 0.25) is 0 Å². The molecule has 4 aliphatic rings. The Morgan fingerprint density at radius 2 is 1.60 bits per heavy atom. The van der Waals surface area contributed by atoms with Gasteiger partial charge in [0.15, 0.2) is 11.7 Å². The summed E-state index contributed by atoms with van der Waals surface area (Å²) in [5.74, 6) is -0.910. The van der Waals surface area contributed by atoms with Crippen molar-refractivity contribution in [3.05, 3.63) is 63.6 Å². The Kier molecular flexibility index (Phi) is 11.8. The van der Waals surface area contributed by atoms with Gasteiger partial charge in [-0.3, -0.25) is 24.0 Å². The minimum atomic E-state index is -1.08. The van der Waals surface area contributed by atoms with Crippen LogP contribution in [0.1, 0.15) is 49.3 Å². The van der Waals surface area contributed by atoms with Gasteiger partial charge >= 0.3 is 23.8 Å². The minimum absolute atomic E-state index is 0.0212. The number of para-hydroxylation sites is 1. The number of carbonyl (C=O) groups excluding carboxylic acids is 4. The SMILES string of the molecule is CCOC(=O)CN1CCC(N2CCN(C(=O)[C@@H](Cc3cc(C)c4c(c3)oc(=O)n4C)OC(=O)N3CCC(N4CCc5ccccc5NC4=O)CC3)CC2)CC1. The highest BCUT2D eigenvalue weighted by atomic mass is 16.6. The third kappa shape index (κ3) is 8.67. The molecule has 3 fully saturated rings. The second-order valence-corrected chi connectivity index (χ2v) is 15.2. The molecule has 55 heavy (non-hydrogen) atoms. The number of benzene rings is 2. The second kappa shape index (κ2) is 16.9. The number of aryl methyl sites for hydroxylation is 2. The quantitative estimate of drug-likeness (QED) is 0.323. The van der Waals surface area contributed by atoms with E-state index >= 15 is 0 Å². The number of nitrogens with one attached hydrogen (secondary N) is 1. The third-order valence-electron chi connectivity index (χ3n) is 11.7. The second-order valence-electron chi connectivity index (χ2n) is 15.2. The summed E-state index contributed by atoms with van der Waals surface area (Å²) in [7, 11) is 1.66. The first-order valence-electron chi connectivity index (χ1n) is 19.7. The number of hydrogen-bond donors (Lipinski definition) is 1. The zero-order chi connectivity index (χ0) is 38.6. The number of rotatable bonds is 9. The van der Waals surface area contributed by atoms with Gasteiger partial charge in [-0.2, -0.15) is 0 Å². The fraction of sp³-hybridized carbons (Fsp3) is 0.575. The molecule has 3 aromatic rings. The molecule has 3 saturated heterocycles. The molecular formula is C40H53N7O8. The highest BCUT2D eigenvalue weighted by Crippen LogP contribution is 2.27. The van der Waals surface area contributed by atoms with Crippen molar-refractivity contribution in [1.29, 1.82) is 0 Å². The summed E-state index contributed by atoms with van der Waals surface area (Å²) in [5, 5.41) is 3.04. The van der Waals surface area contributed by atoms with Gasteiger partial charge in [0.2, 0.25) is 0 Å². The molecule has 5 heterocycles. The molecule has 4 aliphatic heterocycles. The van der Waals surface area contributed by atoms with E-state index in [1.54, 1.807) is 22.9 Å². The van der Waals surface area contributed by atoms with E-state index in [-0.39, 0.29) is 30.4 Å². The van der Waals surface area contributed by atoms with E-state index in [1.165, 1.54) is 4.57 Å². The number of amides is 4. The zero-order valence-electron chi connectivity index (χ0n) is 32.2.